The topological polar surface area (TPSA) is 57.9 Å². The first-order valence-corrected chi connectivity index (χ1v) is 3.70. The van der Waals surface area contributed by atoms with Crippen LogP contribution < -0.4 is 5.73 Å². The van der Waals surface area contributed by atoms with Crippen molar-refractivity contribution in [2.24, 2.45) is 0 Å². The number of hydrogen-bond donors (Lipinski definition) is 2. The molecule has 0 saturated heterocycles. The van der Waals surface area contributed by atoms with Gasteiger partial charge in [-0.1, -0.05) is 6.92 Å². The Bertz CT molecular complexity index is 218. The van der Waals surface area contributed by atoms with Gasteiger partial charge < -0.3 is 15.6 Å². The van der Waals surface area contributed by atoms with E-state index in [0.29, 0.717) is 5.95 Å². The third kappa shape index (κ3) is 2.23. The quantitative estimate of drug-likeness (QED) is 0.664. The Balaban J connectivity index is 2.50. The molecule has 1 aromatic heterocycles. The highest BCUT2D eigenvalue weighted by molar-refractivity contribution is 5.18. The van der Waals surface area contributed by atoms with Gasteiger partial charge in [0.2, 0.25) is 0 Å². The third-order valence-corrected chi connectivity index (χ3v) is 1.63. The highest BCUT2D eigenvalue weighted by Gasteiger charge is 1.99. The summed E-state index contributed by atoms with van der Waals surface area (Å²) in [6, 6.07) is 0. The Morgan fingerprint density at radius 3 is 2.91 bits per heavy atom. The minimum absolute atomic E-state index is 0.490. The van der Waals surface area contributed by atoms with Gasteiger partial charge in [0.05, 0.1) is 11.9 Å². The monoisotopic (exact) mass is 154 g/mol. The number of aromatic amines is 1. The van der Waals surface area contributed by atoms with Gasteiger partial charge in [-0.15, -0.1) is 0 Å². The summed E-state index contributed by atoms with van der Waals surface area (Å²) in [5, 5.41) is 0. The van der Waals surface area contributed by atoms with Crippen LogP contribution in [0.4, 0.5) is 5.95 Å². The zero-order valence-corrected chi connectivity index (χ0v) is 6.96. The van der Waals surface area contributed by atoms with Gasteiger partial charge in [-0.05, 0) is 13.6 Å². The van der Waals surface area contributed by atoms with Crippen molar-refractivity contribution in [3.05, 3.63) is 11.9 Å². The highest BCUT2D eigenvalue weighted by atomic mass is 15.1. The van der Waals surface area contributed by atoms with Gasteiger partial charge in [0, 0.05) is 6.54 Å². The first-order valence-electron chi connectivity index (χ1n) is 3.70. The lowest BCUT2D eigenvalue weighted by molar-refractivity contribution is 0.342. The van der Waals surface area contributed by atoms with Crippen molar-refractivity contribution in [1.82, 2.24) is 14.9 Å². The molecule has 0 atom stereocenters. The van der Waals surface area contributed by atoms with Gasteiger partial charge in [0.1, 0.15) is 0 Å². The summed E-state index contributed by atoms with van der Waals surface area (Å²) in [4.78, 5) is 9.04. The Labute approximate surface area is 66.4 Å². The van der Waals surface area contributed by atoms with Crippen molar-refractivity contribution in [3.8, 4) is 0 Å². The number of rotatable bonds is 3. The number of aromatic nitrogens is 2. The number of imidazole rings is 1. The van der Waals surface area contributed by atoms with Crippen LogP contribution in [0.3, 0.4) is 0 Å². The van der Waals surface area contributed by atoms with E-state index in [2.05, 4.69) is 28.8 Å². The molecular formula is C7H14N4. The maximum Gasteiger partial charge on any atom is 0.197 e. The highest BCUT2D eigenvalue weighted by Crippen LogP contribution is 2.00. The lowest BCUT2D eigenvalue weighted by Crippen LogP contribution is -2.16. The minimum atomic E-state index is 0.490. The molecular weight excluding hydrogens is 140 g/mol. The largest absolute Gasteiger partial charge is 0.369 e. The zero-order chi connectivity index (χ0) is 8.27. The molecule has 11 heavy (non-hydrogen) atoms. The van der Waals surface area contributed by atoms with E-state index in [4.69, 9.17) is 5.73 Å². The van der Waals surface area contributed by atoms with Crippen LogP contribution in [0.15, 0.2) is 6.20 Å². The second-order valence-electron chi connectivity index (χ2n) is 2.62. The number of nitrogen functional groups attached to an aromatic ring is 1. The molecule has 3 N–H and O–H groups in total. The van der Waals surface area contributed by atoms with E-state index in [1.807, 2.05) is 0 Å². The normalized spacial score (nSPS) is 10.8. The minimum Gasteiger partial charge on any atom is -0.369 e. The van der Waals surface area contributed by atoms with E-state index in [9.17, 15) is 0 Å². The molecule has 0 fully saturated rings. The summed E-state index contributed by atoms with van der Waals surface area (Å²) in [7, 11) is 2.05. The first-order chi connectivity index (χ1) is 5.22. The van der Waals surface area contributed by atoms with Crippen LogP contribution >= 0.6 is 0 Å². The summed E-state index contributed by atoms with van der Waals surface area (Å²) < 4.78 is 0. The third-order valence-electron chi connectivity index (χ3n) is 1.63. The summed E-state index contributed by atoms with van der Waals surface area (Å²) >= 11 is 0. The Hall–Kier alpha value is -1.03. The zero-order valence-electron chi connectivity index (χ0n) is 6.96. The molecule has 1 aromatic rings. The molecule has 0 aliphatic carbocycles. The molecule has 0 aliphatic rings. The molecule has 0 aliphatic heterocycles. The van der Waals surface area contributed by atoms with Crippen LogP contribution in [-0.2, 0) is 6.54 Å². The molecule has 0 radical (unpaired) electrons. The van der Waals surface area contributed by atoms with E-state index in [1.54, 1.807) is 6.20 Å². The molecule has 0 saturated carbocycles. The summed E-state index contributed by atoms with van der Waals surface area (Å²) in [6.45, 7) is 4.01. The SMILES string of the molecule is CCN(C)Cc1cnc(N)[nH]1. The fraction of sp³-hybridized carbons (Fsp3) is 0.571. The van der Waals surface area contributed by atoms with Gasteiger partial charge in [-0.3, -0.25) is 0 Å². The summed E-state index contributed by atoms with van der Waals surface area (Å²) in [6.07, 6.45) is 1.77. The van der Waals surface area contributed by atoms with Gasteiger partial charge in [0.15, 0.2) is 5.95 Å². The summed E-state index contributed by atoms with van der Waals surface area (Å²) in [5.74, 6) is 0.490. The summed E-state index contributed by atoms with van der Waals surface area (Å²) in [5.41, 5.74) is 6.47. The van der Waals surface area contributed by atoms with Crippen molar-refractivity contribution in [3.63, 3.8) is 0 Å². The average Bonchev–Trinajstić information content (AvgIpc) is 2.35. The van der Waals surface area contributed by atoms with Crippen LogP contribution in [0.1, 0.15) is 12.6 Å². The smallest absolute Gasteiger partial charge is 0.197 e. The molecule has 0 bridgehead atoms. The predicted octanol–water partition coefficient (Wildman–Crippen LogP) is 0.444. The Morgan fingerprint density at radius 2 is 2.45 bits per heavy atom. The number of nitrogens with one attached hydrogen (secondary N) is 1. The van der Waals surface area contributed by atoms with Crippen molar-refractivity contribution >= 4 is 5.95 Å². The molecule has 0 spiro atoms. The average molecular weight is 154 g/mol. The number of H-pyrrole nitrogens is 1. The van der Waals surface area contributed by atoms with Crippen molar-refractivity contribution in [2.75, 3.05) is 19.3 Å². The molecule has 0 amide bonds. The van der Waals surface area contributed by atoms with Gasteiger partial charge in [-0.2, -0.15) is 0 Å². The maximum absolute atomic E-state index is 5.41. The van der Waals surface area contributed by atoms with Gasteiger partial charge in [-0.25, -0.2) is 4.98 Å². The second kappa shape index (κ2) is 3.39. The van der Waals surface area contributed by atoms with Crippen molar-refractivity contribution in [2.45, 2.75) is 13.5 Å². The van der Waals surface area contributed by atoms with E-state index in [0.717, 1.165) is 18.8 Å². The van der Waals surface area contributed by atoms with Gasteiger partial charge >= 0.3 is 0 Å². The lowest BCUT2D eigenvalue weighted by Gasteiger charge is -2.11. The molecule has 4 heteroatoms. The van der Waals surface area contributed by atoms with E-state index >= 15 is 0 Å². The fourth-order valence-corrected chi connectivity index (χ4v) is 0.859. The number of anilines is 1. The number of nitrogens with two attached hydrogens (primary N) is 1. The van der Waals surface area contributed by atoms with Gasteiger partial charge in [0.25, 0.3) is 0 Å². The standard InChI is InChI=1S/C7H14N4/c1-3-11(2)5-6-4-9-7(8)10-6/h4H,3,5H2,1-2H3,(H3,8,9,10). The predicted molar refractivity (Wildman–Crippen MR) is 45.0 cm³/mol. The van der Waals surface area contributed by atoms with Crippen molar-refractivity contribution < 1.29 is 0 Å². The Kier molecular flexibility index (Phi) is 2.48. The first kappa shape index (κ1) is 8.07. The second-order valence-corrected chi connectivity index (χ2v) is 2.62. The molecule has 62 valence electrons. The van der Waals surface area contributed by atoms with Crippen LogP contribution in [0, 0.1) is 0 Å². The van der Waals surface area contributed by atoms with Crippen LogP contribution in [0.25, 0.3) is 0 Å². The molecule has 4 nitrogen and oxygen atoms in total. The number of nitrogens with zero attached hydrogens (tertiary/aromatic N) is 2. The van der Waals surface area contributed by atoms with Crippen LogP contribution in [0.2, 0.25) is 0 Å². The number of hydrogen-bond acceptors (Lipinski definition) is 3. The van der Waals surface area contributed by atoms with Crippen LogP contribution in [0.5, 0.6) is 0 Å². The van der Waals surface area contributed by atoms with E-state index in [-0.39, 0.29) is 0 Å². The molecule has 0 unspecified atom stereocenters. The molecule has 1 heterocycles. The van der Waals surface area contributed by atoms with Crippen molar-refractivity contribution in [1.29, 1.82) is 0 Å². The maximum atomic E-state index is 5.41. The fourth-order valence-electron chi connectivity index (χ4n) is 0.859. The molecule has 1 rings (SSSR count). The Morgan fingerprint density at radius 1 is 1.73 bits per heavy atom. The lowest BCUT2D eigenvalue weighted by atomic mass is 10.4. The van der Waals surface area contributed by atoms with E-state index in [1.165, 1.54) is 0 Å². The van der Waals surface area contributed by atoms with E-state index < -0.39 is 0 Å². The van der Waals surface area contributed by atoms with Crippen LogP contribution in [-0.4, -0.2) is 28.5 Å². The molecule has 0 aromatic carbocycles.